The third kappa shape index (κ3) is 2.65. The second-order valence-electron chi connectivity index (χ2n) is 3.38. The minimum atomic E-state index is -1.15. The van der Waals surface area contributed by atoms with Gasteiger partial charge < -0.3 is 10.0 Å². The molecule has 0 aliphatic heterocycles. The van der Waals surface area contributed by atoms with E-state index in [1.807, 2.05) is 0 Å². The van der Waals surface area contributed by atoms with Gasteiger partial charge in [0.1, 0.15) is 12.2 Å². The van der Waals surface area contributed by atoms with Crippen LogP contribution in [0.5, 0.6) is 0 Å². The summed E-state index contributed by atoms with van der Waals surface area (Å²) in [5.41, 5.74) is -0.484. The first-order valence-electron chi connectivity index (χ1n) is 4.60. The van der Waals surface area contributed by atoms with Crippen LogP contribution in [-0.2, 0) is 4.79 Å². The Labute approximate surface area is 95.6 Å². The highest BCUT2D eigenvalue weighted by Gasteiger charge is 2.22. The number of pyridine rings is 1. The largest absolute Gasteiger partial charge is 0.480 e. The second kappa shape index (κ2) is 4.73. The van der Waals surface area contributed by atoms with Crippen LogP contribution >= 0.6 is 0 Å². The van der Waals surface area contributed by atoms with Crippen LogP contribution < -0.4 is 4.90 Å². The van der Waals surface area contributed by atoms with Gasteiger partial charge in [-0.25, -0.2) is 14.2 Å². The van der Waals surface area contributed by atoms with Crippen molar-refractivity contribution in [2.45, 2.75) is 13.0 Å². The maximum atomic E-state index is 13.5. The highest BCUT2D eigenvalue weighted by molar-refractivity contribution is 5.77. The average Bonchev–Trinajstić information content (AvgIpc) is 2.26. The van der Waals surface area contributed by atoms with E-state index >= 15 is 0 Å². The fourth-order valence-electron chi connectivity index (χ4n) is 1.13. The molecule has 17 heavy (non-hydrogen) atoms. The second-order valence-corrected chi connectivity index (χ2v) is 3.38. The van der Waals surface area contributed by atoms with Crippen molar-refractivity contribution in [2.24, 2.45) is 0 Å². The number of halogens is 1. The molecule has 0 aliphatic rings. The van der Waals surface area contributed by atoms with Crippen molar-refractivity contribution in [3.63, 3.8) is 0 Å². The third-order valence-electron chi connectivity index (χ3n) is 2.29. The normalized spacial score (nSPS) is 11.9. The van der Waals surface area contributed by atoms with Crippen molar-refractivity contribution in [1.29, 1.82) is 0 Å². The van der Waals surface area contributed by atoms with E-state index in [1.165, 1.54) is 14.0 Å². The highest BCUT2D eigenvalue weighted by atomic mass is 19.1. The van der Waals surface area contributed by atoms with Crippen LogP contribution in [0.15, 0.2) is 12.3 Å². The van der Waals surface area contributed by atoms with Crippen molar-refractivity contribution in [1.82, 2.24) is 4.98 Å². The van der Waals surface area contributed by atoms with E-state index < -0.39 is 28.4 Å². The van der Waals surface area contributed by atoms with Crippen molar-refractivity contribution in [3.8, 4) is 0 Å². The number of hydrogen-bond donors (Lipinski definition) is 1. The van der Waals surface area contributed by atoms with Gasteiger partial charge >= 0.3 is 5.97 Å². The molecule has 7 nitrogen and oxygen atoms in total. The number of aromatic nitrogens is 1. The maximum Gasteiger partial charge on any atom is 0.326 e. The molecule has 0 bridgehead atoms. The van der Waals surface area contributed by atoms with Crippen LogP contribution in [0.4, 0.5) is 15.9 Å². The third-order valence-corrected chi connectivity index (χ3v) is 2.29. The number of nitrogens with zero attached hydrogens (tertiary/aromatic N) is 3. The van der Waals surface area contributed by atoms with Crippen LogP contribution in [0.1, 0.15) is 6.92 Å². The van der Waals surface area contributed by atoms with Gasteiger partial charge in [-0.05, 0) is 6.92 Å². The van der Waals surface area contributed by atoms with E-state index in [-0.39, 0.29) is 5.82 Å². The number of nitro groups is 1. The van der Waals surface area contributed by atoms with E-state index in [2.05, 4.69) is 4.98 Å². The topological polar surface area (TPSA) is 96.6 Å². The van der Waals surface area contributed by atoms with Crippen molar-refractivity contribution >= 4 is 17.5 Å². The zero-order valence-electron chi connectivity index (χ0n) is 9.12. The first-order valence-corrected chi connectivity index (χ1v) is 4.60. The summed E-state index contributed by atoms with van der Waals surface area (Å²) >= 11 is 0. The predicted octanol–water partition coefficient (Wildman–Crippen LogP) is 1.04. The molecule has 0 saturated heterocycles. The predicted molar refractivity (Wildman–Crippen MR) is 56.4 cm³/mol. The molecule has 92 valence electrons. The van der Waals surface area contributed by atoms with Gasteiger partial charge in [-0.1, -0.05) is 0 Å². The molecule has 1 rings (SSSR count). The minimum absolute atomic E-state index is 0.245. The first kappa shape index (κ1) is 12.8. The monoisotopic (exact) mass is 243 g/mol. The molecule has 1 aromatic heterocycles. The Morgan fingerprint density at radius 2 is 2.29 bits per heavy atom. The zero-order chi connectivity index (χ0) is 13.2. The Balaban J connectivity index is 3.08. The van der Waals surface area contributed by atoms with Gasteiger partial charge in [0.05, 0.1) is 11.0 Å². The SMILES string of the molecule is CC(C(=O)O)N(C)c1ncc([N+](=O)[O-])cc1F. The Morgan fingerprint density at radius 1 is 1.71 bits per heavy atom. The Bertz CT molecular complexity index is 466. The van der Waals surface area contributed by atoms with Gasteiger partial charge in [0, 0.05) is 7.05 Å². The van der Waals surface area contributed by atoms with E-state index in [0.29, 0.717) is 6.07 Å². The molecule has 0 spiro atoms. The summed E-state index contributed by atoms with van der Waals surface area (Å²) in [6, 6.07) is -0.286. The lowest BCUT2D eigenvalue weighted by Crippen LogP contribution is -2.36. The van der Waals surface area contributed by atoms with Gasteiger partial charge in [-0.2, -0.15) is 0 Å². The lowest BCUT2D eigenvalue weighted by Gasteiger charge is -2.22. The van der Waals surface area contributed by atoms with Gasteiger partial charge in [0.25, 0.3) is 5.69 Å². The van der Waals surface area contributed by atoms with Gasteiger partial charge in [0.15, 0.2) is 11.6 Å². The van der Waals surface area contributed by atoms with Gasteiger partial charge in [-0.15, -0.1) is 0 Å². The smallest absolute Gasteiger partial charge is 0.326 e. The lowest BCUT2D eigenvalue weighted by molar-refractivity contribution is -0.385. The summed E-state index contributed by atoms with van der Waals surface area (Å²) in [7, 11) is 1.34. The molecule has 0 aromatic carbocycles. The summed E-state index contributed by atoms with van der Waals surface area (Å²) in [4.78, 5) is 24.9. The van der Waals surface area contributed by atoms with E-state index in [1.54, 1.807) is 0 Å². The molecular weight excluding hydrogens is 233 g/mol. The van der Waals surface area contributed by atoms with E-state index in [4.69, 9.17) is 5.11 Å². The van der Waals surface area contributed by atoms with Gasteiger partial charge in [-0.3, -0.25) is 10.1 Å². The first-order chi connectivity index (χ1) is 7.84. The van der Waals surface area contributed by atoms with Crippen LogP contribution in [0.25, 0.3) is 0 Å². The Kier molecular flexibility index (Phi) is 3.56. The molecule has 1 aromatic rings. The molecule has 0 amide bonds. The van der Waals surface area contributed by atoms with Crippen molar-refractivity contribution < 1.29 is 19.2 Å². The van der Waals surface area contributed by atoms with Gasteiger partial charge in [0.2, 0.25) is 0 Å². The highest BCUT2D eigenvalue weighted by Crippen LogP contribution is 2.21. The Morgan fingerprint density at radius 3 is 2.71 bits per heavy atom. The van der Waals surface area contributed by atoms with E-state index in [9.17, 15) is 19.3 Å². The standard InChI is InChI=1S/C9H10FN3O4/c1-5(9(14)15)12(2)8-7(10)3-6(4-11-8)13(16)17/h3-5H,1-2H3,(H,14,15). The number of carbonyl (C=O) groups is 1. The molecule has 0 saturated carbocycles. The minimum Gasteiger partial charge on any atom is -0.480 e. The molecule has 1 N–H and O–H groups in total. The number of carboxylic acid groups (broad SMARTS) is 1. The zero-order valence-corrected chi connectivity index (χ0v) is 9.12. The number of aliphatic carboxylic acids is 1. The molecule has 1 atom stereocenters. The fraction of sp³-hybridized carbons (Fsp3) is 0.333. The van der Waals surface area contributed by atoms with Crippen molar-refractivity contribution in [2.75, 3.05) is 11.9 Å². The molecule has 8 heteroatoms. The van der Waals surface area contributed by atoms with Crippen molar-refractivity contribution in [3.05, 3.63) is 28.2 Å². The van der Waals surface area contributed by atoms with Crippen LogP contribution in [-0.4, -0.2) is 34.1 Å². The molecule has 0 aliphatic carbocycles. The molecular formula is C9H10FN3O4. The summed E-state index contributed by atoms with van der Waals surface area (Å²) in [5.74, 6) is -2.33. The molecule has 0 radical (unpaired) electrons. The van der Waals surface area contributed by atoms with Crippen LogP contribution in [0, 0.1) is 15.9 Å². The number of likely N-dealkylation sites (N-methyl/N-ethyl adjacent to an activating group) is 1. The maximum absolute atomic E-state index is 13.5. The number of carboxylic acids is 1. The summed E-state index contributed by atoms with van der Waals surface area (Å²) in [6.45, 7) is 1.35. The number of rotatable bonds is 4. The lowest BCUT2D eigenvalue weighted by atomic mass is 10.3. The summed E-state index contributed by atoms with van der Waals surface area (Å²) in [5, 5.41) is 19.1. The fourth-order valence-corrected chi connectivity index (χ4v) is 1.13. The quantitative estimate of drug-likeness (QED) is 0.626. The summed E-state index contributed by atoms with van der Waals surface area (Å²) < 4.78 is 13.5. The average molecular weight is 243 g/mol. The summed E-state index contributed by atoms with van der Waals surface area (Å²) in [6.07, 6.45) is 0.878. The Hall–Kier alpha value is -2.25. The van der Waals surface area contributed by atoms with E-state index in [0.717, 1.165) is 11.1 Å². The number of hydrogen-bond acceptors (Lipinski definition) is 5. The molecule has 1 unspecified atom stereocenters. The number of anilines is 1. The van der Waals surface area contributed by atoms with Crippen LogP contribution in [0.3, 0.4) is 0 Å². The molecule has 1 heterocycles. The molecule has 0 fully saturated rings. The van der Waals surface area contributed by atoms with Crippen LogP contribution in [0.2, 0.25) is 0 Å².